The predicted octanol–water partition coefficient (Wildman–Crippen LogP) is 4.17. The van der Waals surface area contributed by atoms with Gasteiger partial charge in [0.05, 0.1) is 18.9 Å². The molecule has 7 nitrogen and oxygen atoms in total. The summed E-state index contributed by atoms with van der Waals surface area (Å²) in [5, 5.41) is 26.3. The van der Waals surface area contributed by atoms with E-state index in [-0.39, 0.29) is 24.7 Å². The van der Waals surface area contributed by atoms with Crippen LogP contribution in [0.15, 0.2) is 60.7 Å². The van der Waals surface area contributed by atoms with E-state index in [4.69, 9.17) is 10.2 Å². The lowest BCUT2D eigenvalue weighted by atomic mass is 9.88. The predicted molar refractivity (Wildman–Crippen MR) is 125 cm³/mol. The first-order valence-electron chi connectivity index (χ1n) is 11.2. The Kier molecular flexibility index (Phi) is 10.7. The number of ketones is 1. The van der Waals surface area contributed by atoms with Crippen LogP contribution in [0.3, 0.4) is 0 Å². The van der Waals surface area contributed by atoms with Gasteiger partial charge in [-0.15, -0.1) is 0 Å². The van der Waals surface area contributed by atoms with Crippen LogP contribution in [-0.2, 0) is 9.59 Å². The second-order valence-corrected chi connectivity index (χ2v) is 8.35. The third-order valence-corrected chi connectivity index (χ3v) is 5.98. The molecule has 3 N–H and O–H groups in total. The molecule has 2 aromatic carbocycles. The quantitative estimate of drug-likeness (QED) is 0.486. The maximum atomic E-state index is 12.5. The molecular formula is C26H33NO6. The molecule has 33 heavy (non-hydrogen) atoms. The van der Waals surface area contributed by atoms with Crippen LogP contribution in [0.2, 0.25) is 0 Å². The van der Waals surface area contributed by atoms with E-state index in [1.54, 1.807) is 0 Å². The lowest BCUT2D eigenvalue weighted by Crippen LogP contribution is -2.45. The largest absolute Gasteiger partial charge is 0.481 e. The number of hydrogen-bond donors (Lipinski definition) is 3. The summed E-state index contributed by atoms with van der Waals surface area (Å²) >= 11 is 0. The molecule has 0 bridgehead atoms. The zero-order valence-electron chi connectivity index (χ0n) is 19.0. The molecule has 7 heteroatoms. The lowest BCUT2D eigenvalue weighted by molar-refractivity contribution is -0.143. The number of likely N-dealkylation sites (tertiary alicyclic amines) is 1. The molecule has 0 aliphatic carbocycles. The van der Waals surface area contributed by atoms with Crippen molar-refractivity contribution in [2.24, 2.45) is 0 Å². The molecule has 1 aliphatic rings. The molecule has 1 saturated heterocycles. The third-order valence-electron chi connectivity index (χ3n) is 5.98. The minimum atomic E-state index is -1.08. The SMILES string of the molecule is CN1C(CC(=O)c2ccccc2)CCCC1CC(O)c1ccccc1.O=C(O)CCC(=O)O. The maximum absolute atomic E-state index is 12.5. The normalized spacial score (nSPS) is 19.1. The standard InChI is InChI=1S/C22H27NO2.C4H6O4/c1-23-19(15-21(24)17-9-4-2-5-10-17)13-8-14-20(23)16-22(25)18-11-6-3-7-12-18;5-3(6)1-2-4(7)8/h2-7,9-12,19-21,24H,8,13-16H2,1H3;1-2H2,(H,5,6)(H,7,8). The van der Waals surface area contributed by atoms with E-state index in [1.807, 2.05) is 60.7 Å². The van der Waals surface area contributed by atoms with Crippen LogP contribution >= 0.6 is 0 Å². The fourth-order valence-electron chi connectivity index (χ4n) is 4.06. The summed E-state index contributed by atoms with van der Waals surface area (Å²) in [6, 6.07) is 20.0. The van der Waals surface area contributed by atoms with Gasteiger partial charge >= 0.3 is 11.9 Å². The van der Waals surface area contributed by atoms with Gasteiger partial charge in [0.1, 0.15) is 0 Å². The molecule has 2 aromatic rings. The van der Waals surface area contributed by atoms with Gasteiger partial charge in [0.15, 0.2) is 5.78 Å². The van der Waals surface area contributed by atoms with E-state index in [0.29, 0.717) is 12.5 Å². The van der Waals surface area contributed by atoms with Gasteiger partial charge in [-0.1, -0.05) is 67.1 Å². The Morgan fingerprint density at radius 1 is 0.879 bits per heavy atom. The highest BCUT2D eigenvalue weighted by molar-refractivity contribution is 5.96. The zero-order valence-corrected chi connectivity index (χ0v) is 19.0. The van der Waals surface area contributed by atoms with Gasteiger partial charge < -0.3 is 15.3 Å². The molecular weight excluding hydrogens is 422 g/mol. The monoisotopic (exact) mass is 455 g/mol. The molecule has 1 aliphatic heterocycles. The fourth-order valence-corrected chi connectivity index (χ4v) is 4.06. The molecule has 3 rings (SSSR count). The number of aliphatic carboxylic acids is 2. The number of benzene rings is 2. The Hall–Kier alpha value is -3.03. The Labute approximate surface area is 194 Å². The average molecular weight is 456 g/mol. The minimum absolute atomic E-state index is 0.210. The van der Waals surface area contributed by atoms with E-state index in [1.165, 1.54) is 0 Å². The highest BCUT2D eigenvalue weighted by Crippen LogP contribution is 2.30. The van der Waals surface area contributed by atoms with Crippen LogP contribution in [0.5, 0.6) is 0 Å². The van der Waals surface area contributed by atoms with Gasteiger partial charge in [-0.25, -0.2) is 0 Å². The molecule has 0 radical (unpaired) electrons. The van der Waals surface area contributed by atoms with Crippen LogP contribution in [-0.4, -0.2) is 57.1 Å². The number of rotatable bonds is 9. The number of hydrogen-bond acceptors (Lipinski definition) is 5. The number of carbonyl (C=O) groups excluding carboxylic acids is 1. The topological polar surface area (TPSA) is 115 Å². The highest BCUT2D eigenvalue weighted by atomic mass is 16.4. The molecule has 3 atom stereocenters. The number of carboxylic acid groups (broad SMARTS) is 2. The van der Waals surface area contributed by atoms with Crippen molar-refractivity contribution in [2.75, 3.05) is 7.05 Å². The van der Waals surface area contributed by atoms with Crippen molar-refractivity contribution in [1.29, 1.82) is 0 Å². The molecule has 1 fully saturated rings. The number of aliphatic hydroxyl groups excluding tert-OH is 1. The van der Waals surface area contributed by atoms with Gasteiger partial charge in [0.2, 0.25) is 0 Å². The maximum Gasteiger partial charge on any atom is 0.303 e. The average Bonchev–Trinajstić information content (AvgIpc) is 2.82. The van der Waals surface area contributed by atoms with Crippen LogP contribution in [0.4, 0.5) is 0 Å². The number of aliphatic hydroxyl groups is 1. The van der Waals surface area contributed by atoms with Crippen molar-refractivity contribution in [3.63, 3.8) is 0 Å². The van der Waals surface area contributed by atoms with Gasteiger partial charge in [-0.2, -0.15) is 0 Å². The van der Waals surface area contributed by atoms with Crippen molar-refractivity contribution in [1.82, 2.24) is 4.90 Å². The summed E-state index contributed by atoms with van der Waals surface area (Å²) in [4.78, 5) is 34.1. The summed E-state index contributed by atoms with van der Waals surface area (Å²) in [7, 11) is 2.10. The van der Waals surface area contributed by atoms with Crippen LogP contribution in [0, 0.1) is 0 Å². The molecule has 1 heterocycles. The van der Waals surface area contributed by atoms with E-state index in [0.717, 1.165) is 36.8 Å². The number of piperidine rings is 1. The van der Waals surface area contributed by atoms with Crippen molar-refractivity contribution >= 4 is 17.7 Å². The Morgan fingerprint density at radius 2 is 1.39 bits per heavy atom. The molecule has 178 valence electrons. The van der Waals surface area contributed by atoms with E-state index in [2.05, 4.69) is 11.9 Å². The van der Waals surface area contributed by atoms with E-state index >= 15 is 0 Å². The van der Waals surface area contributed by atoms with Crippen LogP contribution < -0.4 is 0 Å². The lowest BCUT2D eigenvalue weighted by Gasteiger charge is -2.40. The van der Waals surface area contributed by atoms with Crippen molar-refractivity contribution in [2.45, 2.75) is 63.1 Å². The van der Waals surface area contributed by atoms with Gasteiger partial charge in [-0.3, -0.25) is 19.3 Å². The Bertz CT molecular complexity index is 872. The summed E-state index contributed by atoms with van der Waals surface area (Å²) in [5.41, 5.74) is 1.76. The van der Waals surface area contributed by atoms with Crippen molar-refractivity contribution in [3.05, 3.63) is 71.8 Å². The van der Waals surface area contributed by atoms with E-state index < -0.39 is 18.0 Å². The number of nitrogens with zero attached hydrogens (tertiary/aromatic N) is 1. The first-order valence-corrected chi connectivity index (χ1v) is 11.2. The second kappa shape index (κ2) is 13.5. The zero-order chi connectivity index (χ0) is 24.2. The van der Waals surface area contributed by atoms with Gasteiger partial charge in [0.25, 0.3) is 0 Å². The van der Waals surface area contributed by atoms with Gasteiger partial charge in [0, 0.05) is 24.1 Å². The molecule has 3 unspecified atom stereocenters. The first kappa shape index (κ1) is 26.2. The second-order valence-electron chi connectivity index (χ2n) is 8.35. The Balaban J connectivity index is 0.000000414. The van der Waals surface area contributed by atoms with Crippen LogP contribution in [0.25, 0.3) is 0 Å². The number of carbonyl (C=O) groups is 3. The summed E-state index contributed by atoms with van der Waals surface area (Å²) < 4.78 is 0. The highest BCUT2D eigenvalue weighted by Gasteiger charge is 2.30. The van der Waals surface area contributed by atoms with Crippen molar-refractivity contribution in [3.8, 4) is 0 Å². The number of Topliss-reactive ketones (excluding diaryl/α,β-unsaturated/α-hetero) is 1. The van der Waals surface area contributed by atoms with Crippen molar-refractivity contribution < 1.29 is 29.7 Å². The third kappa shape index (κ3) is 9.16. The fraction of sp³-hybridized carbons (Fsp3) is 0.423. The van der Waals surface area contributed by atoms with Gasteiger partial charge in [-0.05, 0) is 31.9 Å². The van der Waals surface area contributed by atoms with E-state index in [9.17, 15) is 19.5 Å². The molecule has 0 aromatic heterocycles. The first-order chi connectivity index (χ1) is 15.8. The smallest absolute Gasteiger partial charge is 0.303 e. The Morgan fingerprint density at radius 3 is 1.94 bits per heavy atom. The molecule has 0 amide bonds. The summed E-state index contributed by atoms with van der Waals surface area (Å²) in [5.74, 6) is -1.94. The van der Waals surface area contributed by atoms with Crippen LogP contribution in [0.1, 0.15) is 67.0 Å². The summed E-state index contributed by atoms with van der Waals surface area (Å²) in [6.45, 7) is 0. The molecule has 0 saturated carbocycles. The summed E-state index contributed by atoms with van der Waals surface area (Å²) in [6.07, 6.45) is 3.48. The minimum Gasteiger partial charge on any atom is -0.481 e. The molecule has 0 spiro atoms. The number of carboxylic acids is 2.